The predicted octanol–water partition coefficient (Wildman–Crippen LogP) is 3.10. The maximum atomic E-state index is 9.73. The van der Waals surface area contributed by atoms with Gasteiger partial charge in [0, 0.05) is 30.1 Å². The Morgan fingerprint density at radius 2 is 1.81 bits per heavy atom. The van der Waals surface area contributed by atoms with Gasteiger partial charge in [0.15, 0.2) is 0 Å². The van der Waals surface area contributed by atoms with Crippen LogP contribution in [-0.4, -0.2) is 20.4 Å². The van der Waals surface area contributed by atoms with Crippen molar-refractivity contribution in [3.8, 4) is 22.8 Å². The minimum atomic E-state index is 0.0557. The summed E-state index contributed by atoms with van der Waals surface area (Å²) in [5.41, 5.74) is 3.71. The van der Waals surface area contributed by atoms with E-state index in [0.717, 1.165) is 22.5 Å². The van der Waals surface area contributed by atoms with Gasteiger partial charge in [-0.05, 0) is 35.9 Å². The third kappa shape index (κ3) is 2.97. The first kappa shape index (κ1) is 13.1. The van der Waals surface area contributed by atoms with Crippen molar-refractivity contribution in [1.82, 2.24) is 10.2 Å². The fourth-order valence-corrected chi connectivity index (χ4v) is 2.08. The number of nitrogens with zero attached hydrogens (tertiary/aromatic N) is 1. The van der Waals surface area contributed by atoms with Gasteiger partial charge in [0.05, 0.1) is 5.69 Å². The molecule has 5 heteroatoms. The Morgan fingerprint density at radius 3 is 2.48 bits per heavy atom. The number of aromatic hydroxyl groups is 2. The molecule has 0 bridgehead atoms. The van der Waals surface area contributed by atoms with Crippen LogP contribution in [0.4, 0.5) is 5.69 Å². The molecule has 0 saturated carbocycles. The third-order valence-corrected chi connectivity index (χ3v) is 3.25. The van der Waals surface area contributed by atoms with Crippen LogP contribution < -0.4 is 5.32 Å². The van der Waals surface area contributed by atoms with Crippen molar-refractivity contribution in [1.29, 1.82) is 0 Å². The fourth-order valence-electron chi connectivity index (χ4n) is 2.08. The van der Waals surface area contributed by atoms with Crippen molar-refractivity contribution < 1.29 is 10.2 Å². The quantitative estimate of drug-likeness (QED) is 0.592. The van der Waals surface area contributed by atoms with E-state index in [0.29, 0.717) is 6.54 Å². The molecule has 0 spiro atoms. The zero-order valence-corrected chi connectivity index (χ0v) is 11.2. The summed E-state index contributed by atoms with van der Waals surface area (Å²) >= 11 is 0. The van der Waals surface area contributed by atoms with Crippen molar-refractivity contribution in [2.75, 3.05) is 5.32 Å². The largest absolute Gasteiger partial charge is 0.508 e. The number of nitrogens with one attached hydrogen (secondary N) is 2. The van der Waals surface area contributed by atoms with E-state index in [-0.39, 0.29) is 11.5 Å². The number of hydrogen-bond donors (Lipinski definition) is 4. The minimum Gasteiger partial charge on any atom is -0.508 e. The van der Waals surface area contributed by atoms with E-state index in [4.69, 9.17) is 0 Å². The lowest BCUT2D eigenvalue weighted by Crippen LogP contribution is -1.99. The number of anilines is 1. The average Bonchev–Trinajstić information content (AvgIpc) is 3.01. The standard InChI is InChI=1S/C16H15N3O2/c20-14-6-3-12(16(21)9-14)10-17-13-4-1-11(2-5-13)15-7-8-18-19-15/h1-9,17,20-21H,10H2,(H,18,19). The highest BCUT2D eigenvalue weighted by Crippen LogP contribution is 2.24. The van der Waals surface area contributed by atoms with Crippen LogP contribution in [0.1, 0.15) is 5.56 Å². The van der Waals surface area contributed by atoms with Gasteiger partial charge in [-0.2, -0.15) is 5.10 Å². The van der Waals surface area contributed by atoms with Crippen molar-refractivity contribution in [2.45, 2.75) is 6.54 Å². The van der Waals surface area contributed by atoms with Gasteiger partial charge < -0.3 is 15.5 Å². The first-order chi connectivity index (χ1) is 10.2. The molecular formula is C16H15N3O2. The Kier molecular flexibility index (Phi) is 3.47. The number of rotatable bonds is 4. The van der Waals surface area contributed by atoms with Gasteiger partial charge in [0.2, 0.25) is 0 Å². The van der Waals surface area contributed by atoms with Gasteiger partial charge in [-0.1, -0.05) is 12.1 Å². The first-order valence-electron chi connectivity index (χ1n) is 6.57. The first-order valence-corrected chi connectivity index (χ1v) is 6.57. The van der Waals surface area contributed by atoms with Crippen LogP contribution in [0.2, 0.25) is 0 Å². The molecule has 1 aromatic heterocycles. The third-order valence-electron chi connectivity index (χ3n) is 3.25. The Balaban J connectivity index is 1.68. The zero-order valence-electron chi connectivity index (χ0n) is 11.2. The predicted molar refractivity (Wildman–Crippen MR) is 81.1 cm³/mol. The molecule has 0 amide bonds. The normalized spacial score (nSPS) is 10.5. The van der Waals surface area contributed by atoms with Gasteiger partial charge in [0.1, 0.15) is 11.5 Å². The van der Waals surface area contributed by atoms with E-state index < -0.39 is 0 Å². The number of aromatic nitrogens is 2. The molecule has 0 aliphatic heterocycles. The Morgan fingerprint density at radius 1 is 1.00 bits per heavy atom. The summed E-state index contributed by atoms with van der Waals surface area (Å²) in [7, 11) is 0. The molecule has 4 N–H and O–H groups in total. The average molecular weight is 281 g/mol. The molecule has 3 aromatic rings. The van der Waals surface area contributed by atoms with Crippen molar-refractivity contribution in [3.63, 3.8) is 0 Å². The van der Waals surface area contributed by atoms with Crippen molar-refractivity contribution in [2.24, 2.45) is 0 Å². The molecule has 21 heavy (non-hydrogen) atoms. The lowest BCUT2D eigenvalue weighted by molar-refractivity contribution is 0.446. The fraction of sp³-hybridized carbons (Fsp3) is 0.0625. The number of phenols is 2. The maximum Gasteiger partial charge on any atom is 0.124 e. The number of benzene rings is 2. The minimum absolute atomic E-state index is 0.0557. The second-order valence-electron chi connectivity index (χ2n) is 4.71. The lowest BCUT2D eigenvalue weighted by atomic mass is 10.1. The lowest BCUT2D eigenvalue weighted by Gasteiger charge is -2.09. The number of aromatic amines is 1. The van der Waals surface area contributed by atoms with Crippen LogP contribution in [0, 0.1) is 0 Å². The van der Waals surface area contributed by atoms with Crippen LogP contribution in [0.25, 0.3) is 11.3 Å². The molecule has 1 heterocycles. The summed E-state index contributed by atoms with van der Waals surface area (Å²) < 4.78 is 0. The SMILES string of the molecule is Oc1ccc(CNc2ccc(-c3ccn[nH]3)cc2)c(O)c1. The molecule has 0 saturated heterocycles. The summed E-state index contributed by atoms with van der Waals surface area (Å²) in [5, 5.41) is 29.1. The highest BCUT2D eigenvalue weighted by Gasteiger charge is 2.03. The molecule has 0 aliphatic rings. The molecule has 2 aromatic carbocycles. The van der Waals surface area contributed by atoms with E-state index in [1.54, 1.807) is 18.3 Å². The number of phenolic OH excluding ortho intramolecular Hbond substituents is 2. The molecule has 5 nitrogen and oxygen atoms in total. The van der Waals surface area contributed by atoms with Gasteiger partial charge in [-0.25, -0.2) is 0 Å². The molecule has 0 atom stereocenters. The Hall–Kier alpha value is -2.95. The van der Waals surface area contributed by atoms with Gasteiger partial charge in [0.25, 0.3) is 0 Å². The monoisotopic (exact) mass is 281 g/mol. The van der Waals surface area contributed by atoms with E-state index in [1.165, 1.54) is 6.07 Å². The summed E-state index contributed by atoms with van der Waals surface area (Å²) in [6.07, 6.45) is 1.72. The van der Waals surface area contributed by atoms with E-state index in [9.17, 15) is 10.2 Å². The van der Waals surface area contributed by atoms with Gasteiger partial charge >= 0.3 is 0 Å². The van der Waals surface area contributed by atoms with Crippen molar-refractivity contribution in [3.05, 3.63) is 60.3 Å². The van der Waals surface area contributed by atoms with Crippen LogP contribution in [0.5, 0.6) is 11.5 Å². The molecule has 3 rings (SSSR count). The highest BCUT2D eigenvalue weighted by molar-refractivity contribution is 5.62. The van der Waals surface area contributed by atoms with Crippen LogP contribution in [0.15, 0.2) is 54.7 Å². The number of hydrogen-bond acceptors (Lipinski definition) is 4. The van der Waals surface area contributed by atoms with E-state index in [2.05, 4.69) is 15.5 Å². The van der Waals surface area contributed by atoms with Crippen LogP contribution >= 0.6 is 0 Å². The summed E-state index contributed by atoms with van der Waals surface area (Å²) in [4.78, 5) is 0. The van der Waals surface area contributed by atoms with E-state index >= 15 is 0 Å². The molecular weight excluding hydrogens is 266 g/mol. The second-order valence-corrected chi connectivity index (χ2v) is 4.71. The zero-order chi connectivity index (χ0) is 14.7. The molecule has 0 radical (unpaired) electrons. The smallest absolute Gasteiger partial charge is 0.124 e. The Bertz CT molecular complexity index is 722. The topological polar surface area (TPSA) is 81.2 Å². The van der Waals surface area contributed by atoms with Gasteiger partial charge in [-0.15, -0.1) is 0 Å². The van der Waals surface area contributed by atoms with Crippen molar-refractivity contribution >= 4 is 5.69 Å². The summed E-state index contributed by atoms with van der Waals surface area (Å²) in [6.45, 7) is 0.482. The highest BCUT2D eigenvalue weighted by atomic mass is 16.3. The second kappa shape index (κ2) is 5.58. The molecule has 0 aliphatic carbocycles. The molecule has 0 fully saturated rings. The summed E-state index contributed by atoms with van der Waals surface area (Å²) in [6, 6.07) is 14.4. The van der Waals surface area contributed by atoms with Crippen LogP contribution in [-0.2, 0) is 6.54 Å². The Labute approximate surface area is 121 Å². The van der Waals surface area contributed by atoms with Gasteiger partial charge in [-0.3, -0.25) is 5.10 Å². The van der Waals surface area contributed by atoms with E-state index in [1.807, 2.05) is 30.3 Å². The summed E-state index contributed by atoms with van der Waals surface area (Å²) in [5.74, 6) is 0.136. The molecule has 0 unspecified atom stereocenters. The van der Waals surface area contributed by atoms with Crippen LogP contribution in [0.3, 0.4) is 0 Å². The molecule has 106 valence electrons. The maximum absolute atomic E-state index is 9.73. The number of H-pyrrole nitrogens is 1.